The summed E-state index contributed by atoms with van der Waals surface area (Å²) in [5.41, 5.74) is 10.3. The molecule has 5 rings (SSSR count). The number of nitrogen functional groups attached to an aromatic ring is 1. The van der Waals surface area contributed by atoms with E-state index in [9.17, 15) is 13.2 Å². The van der Waals surface area contributed by atoms with E-state index >= 15 is 0 Å². The number of rotatable bonds is 6. The van der Waals surface area contributed by atoms with Crippen molar-refractivity contribution in [3.05, 3.63) is 59.7 Å². The van der Waals surface area contributed by atoms with Crippen molar-refractivity contribution in [2.75, 3.05) is 5.73 Å². The zero-order valence-corrected chi connectivity index (χ0v) is 20.1. The first-order valence-electron chi connectivity index (χ1n) is 11.8. The molecule has 182 valence electrons. The van der Waals surface area contributed by atoms with Gasteiger partial charge >= 0.3 is 0 Å². The monoisotopic (exact) mass is 492 g/mol. The molecule has 0 radical (unpaired) electrons. The largest absolute Gasteiger partial charge is 0.384 e. The summed E-state index contributed by atoms with van der Waals surface area (Å²) in [5.74, 6) is 0.102. The normalized spacial score (nSPS) is 15.0. The molecule has 1 aliphatic carbocycles. The summed E-state index contributed by atoms with van der Waals surface area (Å²) in [6.07, 6.45) is 5.90. The van der Waals surface area contributed by atoms with Crippen LogP contribution in [0.5, 0.6) is 0 Å². The van der Waals surface area contributed by atoms with Gasteiger partial charge < -0.3 is 15.6 Å². The molecule has 0 aliphatic heterocycles. The van der Waals surface area contributed by atoms with Gasteiger partial charge in [0, 0.05) is 12.6 Å². The van der Waals surface area contributed by atoms with Gasteiger partial charge in [-0.3, -0.25) is 4.79 Å². The Bertz CT molecular complexity index is 1510. The lowest BCUT2D eigenvalue weighted by atomic mass is 9.95. The van der Waals surface area contributed by atoms with Crippen molar-refractivity contribution in [3.8, 4) is 0 Å². The Hall–Kier alpha value is -3.50. The van der Waals surface area contributed by atoms with Crippen molar-refractivity contribution in [3.63, 3.8) is 0 Å². The number of aryl methyl sites for hydroxylation is 2. The lowest BCUT2D eigenvalue weighted by Crippen LogP contribution is -2.36. The van der Waals surface area contributed by atoms with Gasteiger partial charge in [-0.15, -0.1) is 0 Å². The third-order valence-corrected chi connectivity index (χ3v) is 7.56. The number of fused-ring (bicyclic) bond motifs is 2. The van der Waals surface area contributed by atoms with Gasteiger partial charge in [-0.1, -0.05) is 43.5 Å². The van der Waals surface area contributed by atoms with E-state index in [4.69, 9.17) is 20.8 Å². The van der Waals surface area contributed by atoms with Crippen molar-refractivity contribution < 1.29 is 13.2 Å². The lowest BCUT2D eigenvalue weighted by molar-refractivity contribution is 0.0930. The van der Waals surface area contributed by atoms with Crippen molar-refractivity contribution in [1.82, 2.24) is 19.9 Å². The number of aromatic nitrogens is 3. The zero-order valence-electron chi connectivity index (χ0n) is 19.3. The van der Waals surface area contributed by atoms with Crippen LogP contribution in [-0.2, 0) is 23.0 Å². The summed E-state index contributed by atoms with van der Waals surface area (Å²) in [4.78, 5) is 23.0. The molecular formula is C25H28N6O3S. The number of benzene rings is 2. The van der Waals surface area contributed by atoms with E-state index in [2.05, 4.69) is 5.32 Å². The van der Waals surface area contributed by atoms with E-state index < -0.39 is 10.0 Å². The molecule has 5 N–H and O–H groups in total. The van der Waals surface area contributed by atoms with Crippen LogP contribution in [0.1, 0.15) is 48.0 Å². The molecule has 35 heavy (non-hydrogen) atoms. The molecule has 2 aromatic carbocycles. The number of carbonyl (C=O) groups is 1. The lowest BCUT2D eigenvalue weighted by Gasteiger charge is -2.22. The smallest absolute Gasteiger partial charge is 0.257 e. The fourth-order valence-corrected chi connectivity index (χ4v) is 5.27. The van der Waals surface area contributed by atoms with Gasteiger partial charge in [-0.25, -0.2) is 23.5 Å². The molecule has 10 heteroatoms. The number of nitrogens with two attached hydrogens (primary N) is 2. The minimum absolute atomic E-state index is 0.0613. The number of sulfonamides is 1. The number of hydrogen-bond acceptors (Lipinski definition) is 6. The topological polar surface area (TPSA) is 146 Å². The minimum Gasteiger partial charge on any atom is -0.384 e. The number of nitrogens with zero attached hydrogens (tertiary/aromatic N) is 3. The van der Waals surface area contributed by atoms with Crippen molar-refractivity contribution in [2.24, 2.45) is 5.14 Å². The van der Waals surface area contributed by atoms with Gasteiger partial charge in [0.05, 0.1) is 15.9 Å². The highest BCUT2D eigenvalue weighted by Gasteiger charge is 2.26. The molecular weight excluding hydrogens is 464 g/mol. The van der Waals surface area contributed by atoms with Crippen LogP contribution >= 0.6 is 0 Å². The molecule has 1 amide bonds. The van der Waals surface area contributed by atoms with Crippen LogP contribution < -0.4 is 16.2 Å². The van der Waals surface area contributed by atoms with Gasteiger partial charge in [-0.05, 0) is 49.1 Å². The van der Waals surface area contributed by atoms with Gasteiger partial charge in [0.2, 0.25) is 10.0 Å². The highest BCUT2D eigenvalue weighted by molar-refractivity contribution is 7.89. The summed E-state index contributed by atoms with van der Waals surface area (Å²) < 4.78 is 24.9. The van der Waals surface area contributed by atoms with E-state index in [1.807, 2.05) is 28.8 Å². The second-order valence-electron chi connectivity index (χ2n) is 9.04. The molecule has 0 spiro atoms. The summed E-state index contributed by atoms with van der Waals surface area (Å²) in [5, 5.41) is 8.35. The Labute approximate surface area is 203 Å². The Kier molecular flexibility index (Phi) is 6.16. The molecule has 1 fully saturated rings. The number of amides is 1. The van der Waals surface area contributed by atoms with Crippen molar-refractivity contribution >= 4 is 43.9 Å². The summed E-state index contributed by atoms with van der Waals surface area (Å²) in [6.45, 7) is 0.445. The Morgan fingerprint density at radius 3 is 2.31 bits per heavy atom. The molecule has 0 unspecified atom stereocenters. The van der Waals surface area contributed by atoms with Crippen LogP contribution in [0.25, 0.3) is 22.2 Å². The van der Waals surface area contributed by atoms with Gasteiger partial charge in [0.25, 0.3) is 5.91 Å². The molecule has 2 aromatic heterocycles. The molecule has 0 atom stereocenters. The number of anilines is 1. The Morgan fingerprint density at radius 2 is 1.66 bits per heavy atom. The van der Waals surface area contributed by atoms with Crippen molar-refractivity contribution in [1.29, 1.82) is 0 Å². The molecule has 9 nitrogen and oxygen atoms in total. The van der Waals surface area contributed by atoms with Crippen LogP contribution in [0.3, 0.4) is 0 Å². The summed E-state index contributed by atoms with van der Waals surface area (Å²) in [6, 6.07) is 14.1. The van der Waals surface area contributed by atoms with E-state index in [1.54, 1.807) is 12.1 Å². The third-order valence-electron chi connectivity index (χ3n) is 6.63. The van der Waals surface area contributed by atoms with Crippen molar-refractivity contribution in [2.45, 2.75) is 56.0 Å². The number of carbonyl (C=O) groups excluding carboxylic acids is 1. The highest BCUT2D eigenvalue weighted by atomic mass is 32.2. The van der Waals surface area contributed by atoms with Crippen LogP contribution in [0.4, 0.5) is 5.82 Å². The SMILES string of the molecule is Nc1c(C(=O)NC2CCCCC2)c2nc3ccccc3nc2n1CCc1ccc(S(N)(=O)=O)cc1. The van der Waals surface area contributed by atoms with E-state index in [0.29, 0.717) is 41.0 Å². The Balaban J connectivity index is 1.51. The van der Waals surface area contributed by atoms with Gasteiger partial charge in [0.1, 0.15) is 16.9 Å². The first-order valence-corrected chi connectivity index (χ1v) is 13.3. The van der Waals surface area contributed by atoms with Gasteiger partial charge in [0.15, 0.2) is 5.65 Å². The second kappa shape index (κ2) is 9.27. The van der Waals surface area contributed by atoms with Crippen LogP contribution in [-0.4, -0.2) is 34.9 Å². The van der Waals surface area contributed by atoms with E-state index in [-0.39, 0.29) is 16.8 Å². The first-order chi connectivity index (χ1) is 16.8. The number of nitrogens with one attached hydrogen (secondary N) is 1. The maximum Gasteiger partial charge on any atom is 0.257 e. The first kappa shape index (κ1) is 23.3. The highest BCUT2D eigenvalue weighted by Crippen LogP contribution is 2.29. The van der Waals surface area contributed by atoms with Crippen LogP contribution in [0, 0.1) is 0 Å². The zero-order chi connectivity index (χ0) is 24.6. The average molecular weight is 493 g/mol. The maximum atomic E-state index is 13.4. The molecule has 0 saturated heterocycles. The van der Waals surface area contributed by atoms with Gasteiger partial charge in [-0.2, -0.15) is 0 Å². The molecule has 1 saturated carbocycles. The predicted molar refractivity (Wildman–Crippen MR) is 135 cm³/mol. The minimum atomic E-state index is -3.75. The molecule has 4 aromatic rings. The predicted octanol–water partition coefficient (Wildman–Crippen LogP) is 3.12. The summed E-state index contributed by atoms with van der Waals surface area (Å²) >= 11 is 0. The number of hydrogen-bond donors (Lipinski definition) is 3. The second-order valence-corrected chi connectivity index (χ2v) is 10.6. The standard InChI is InChI=1S/C25H28N6O3S/c26-23-21(25(32)28-17-6-2-1-3-7-17)22-24(30-20-9-5-4-8-19(20)29-22)31(23)15-14-16-10-12-18(13-11-16)35(27,33)34/h4-5,8-13,17H,1-3,6-7,14-15,26H2,(H,28,32)(H2,27,33,34). The third kappa shape index (κ3) is 4.71. The van der Waals surface area contributed by atoms with E-state index in [1.165, 1.54) is 18.6 Å². The molecule has 2 heterocycles. The average Bonchev–Trinajstić information content (AvgIpc) is 3.11. The number of para-hydroxylation sites is 2. The van der Waals surface area contributed by atoms with Crippen LogP contribution in [0.15, 0.2) is 53.4 Å². The fourth-order valence-electron chi connectivity index (χ4n) is 4.76. The number of primary sulfonamides is 1. The molecule has 1 aliphatic rings. The Morgan fingerprint density at radius 1 is 1.00 bits per heavy atom. The summed E-state index contributed by atoms with van der Waals surface area (Å²) in [7, 11) is -3.75. The quantitative estimate of drug-likeness (QED) is 0.377. The maximum absolute atomic E-state index is 13.4. The van der Waals surface area contributed by atoms with Crippen LogP contribution in [0.2, 0.25) is 0 Å². The molecule has 0 bridgehead atoms. The fraction of sp³-hybridized carbons (Fsp3) is 0.320. The van der Waals surface area contributed by atoms with E-state index in [0.717, 1.165) is 36.8 Å².